The van der Waals surface area contributed by atoms with Crippen LogP contribution in [0.25, 0.3) is 6.08 Å². The van der Waals surface area contributed by atoms with Gasteiger partial charge in [0, 0.05) is 6.08 Å². The molecule has 3 aromatic rings. The van der Waals surface area contributed by atoms with Crippen molar-refractivity contribution in [2.45, 2.75) is 138 Å². The smallest absolute Gasteiger partial charge is 0.339 e. The highest BCUT2D eigenvalue weighted by atomic mass is 16.7. The molecule has 0 aromatic heterocycles. The number of aliphatic hydroxyl groups excluding tert-OH is 11. The predicted molar refractivity (Wildman–Crippen MR) is 242 cm³/mol. The minimum Gasteiger partial charge on any atom is -0.462 e. The Bertz CT molecular complexity index is 2210. The molecule has 3 heterocycles. The molecule has 3 aromatic carbocycles. The first kappa shape index (κ1) is 56.1. The fourth-order valence-corrected chi connectivity index (χ4v) is 8.09. The number of ether oxygens (including phenoxy) is 9. The predicted octanol–water partition coefficient (Wildman–Crippen LogP) is -1.91. The van der Waals surface area contributed by atoms with Crippen LogP contribution in [0.3, 0.4) is 0 Å². The number of rotatable bonds is 21. The third kappa shape index (κ3) is 14.1. The van der Waals surface area contributed by atoms with E-state index in [0.717, 1.165) is 6.08 Å². The molecule has 3 aliphatic rings. The van der Waals surface area contributed by atoms with Crippen molar-refractivity contribution in [2.24, 2.45) is 5.92 Å². The van der Waals surface area contributed by atoms with E-state index in [9.17, 15) is 70.6 Å². The molecule has 0 amide bonds. The van der Waals surface area contributed by atoms with E-state index >= 15 is 0 Å². The molecular formula is C49H62O23. The quantitative estimate of drug-likeness (QED) is 0.0315. The molecule has 0 unspecified atom stereocenters. The second-order valence-corrected chi connectivity index (χ2v) is 17.9. The van der Waals surface area contributed by atoms with E-state index in [-0.39, 0.29) is 24.5 Å². The molecule has 0 aliphatic carbocycles. The van der Waals surface area contributed by atoms with Crippen LogP contribution in [0.15, 0.2) is 84.9 Å². The van der Waals surface area contributed by atoms with Crippen molar-refractivity contribution < 1.29 is 113 Å². The van der Waals surface area contributed by atoms with Crippen molar-refractivity contribution in [3.8, 4) is 11.5 Å². The normalized spacial score (nSPS) is 31.6. The summed E-state index contributed by atoms with van der Waals surface area (Å²) in [4.78, 5) is 41.4. The third-order valence-electron chi connectivity index (χ3n) is 12.0. The van der Waals surface area contributed by atoms with E-state index in [1.165, 1.54) is 54.6 Å². The SMILES string of the molecule is CC(C)C[C@](CC(=O)OCc1ccc(O[C@@H]2O[C@H](CO)[C@@H](O)[C@H](O)[C@H]2O)cc1)(O[C@@H]1O[C@H](CO)[C@@H](O)[C@H](OC(=O)/C=C/c2ccccc2)[C@H]1O)C(=O)OCc1ccc(O[C@@H]2O[C@H](CO)[C@@H](O)[C@H](O)[C@H]2O)cc1. The van der Waals surface area contributed by atoms with Gasteiger partial charge in [-0.15, -0.1) is 0 Å². The lowest BCUT2D eigenvalue weighted by Gasteiger charge is -2.44. The Balaban J connectivity index is 1.20. The Hall–Kier alpha value is -5.19. The Morgan fingerprint density at radius 3 is 1.54 bits per heavy atom. The molecule has 6 rings (SSSR count). The van der Waals surface area contributed by atoms with Gasteiger partial charge in [0.2, 0.25) is 12.6 Å². The fourth-order valence-electron chi connectivity index (χ4n) is 8.09. The van der Waals surface area contributed by atoms with Crippen molar-refractivity contribution in [3.05, 3.63) is 102 Å². The molecule has 0 bridgehead atoms. The molecule has 23 nitrogen and oxygen atoms in total. The first-order valence-corrected chi connectivity index (χ1v) is 23.1. The summed E-state index contributed by atoms with van der Waals surface area (Å²) in [6.07, 6.45) is -23.0. The van der Waals surface area contributed by atoms with Crippen molar-refractivity contribution >= 4 is 24.0 Å². The van der Waals surface area contributed by atoms with E-state index in [2.05, 4.69) is 0 Å². The van der Waals surface area contributed by atoms with Gasteiger partial charge in [-0.25, -0.2) is 9.59 Å². The van der Waals surface area contributed by atoms with Gasteiger partial charge < -0.3 is 98.8 Å². The summed E-state index contributed by atoms with van der Waals surface area (Å²) in [5, 5.41) is 113. The molecule has 16 atom stereocenters. The molecule has 23 heteroatoms. The molecule has 72 heavy (non-hydrogen) atoms. The van der Waals surface area contributed by atoms with Crippen LogP contribution in [-0.2, 0) is 60.8 Å². The summed E-state index contributed by atoms with van der Waals surface area (Å²) in [5.74, 6) is -3.36. The summed E-state index contributed by atoms with van der Waals surface area (Å²) in [5.41, 5.74) is -0.942. The molecule has 3 fully saturated rings. The zero-order valence-electron chi connectivity index (χ0n) is 39.2. The van der Waals surface area contributed by atoms with Crippen LogP contribution < -0.4 is 9.47 Å². The first-order valence-electron chi connectivity index (χ1n) is 23.1. The largest absolute Gasteiger partial charge is 0.462 e. The molecule has 0 saturated carbocycles. The third-order valence-corrected chi connectivity index (χ3v) is 12.0. The van der Waals surface area contributed by atoms with Gasteiger partial charge >= 0.3 is 17.9 Å². The van der Waals surface area contributed by atoms with Crippen LogP contribution in [0, 0.1) is 5.92 Å². The van der Waals surface area contributed by atoms with Gasteiger partial charge in [0.15, 0.2) is 18.0 Å². The zero-order chi connectivity index (χ0) is 52.3. The van der Waals surface area contributed by atoms with E-state index in [1.807, 2.05) is 0 Å². The second-order valence-electron chi connectivity index (χ2n) is 17.9. The van der Waals surface area contributed by atoms with E-state index < -0.39 is 154 Å². The van der Waals surface area contributed by atoms with E-state index in [1.54, 1.807) is 44.2 Å². The zero-order valence-corrected chi connectivity index (χ0v) is 39.2. The molecule has 0 spiro atoms. The van der Waals surface area contributed by atoms with E-state index in [0.29, 0.717) is 16.7 Å². The van der Waals surface area contributed by atoms with Crippen LogP contribution in [0.4, 0.5) is 0 Å². The maximum Gasteiger partial charge on any atom is 0.339 e. The molecule has 11 N–H and O–H groups in total. The highest BCUT2D eigenvalue weighted by molar-refractivity contribution is 5.87. The number of carbonyl (C=O) groups excluding carboxylic acids is 3. The average molecular weight is 1020 g/mol. The monoisotopic (exact) mass is 1020 g/mol. The molecule has 3 aliphatic heterocycles. The Labute approximate surface area is 412 Å². The summed E-state index contributed by atoms with van der Waals surface area (Å²) in [6, 6.07) is 20.3. The standard InChI is InChI=1S/C49H62O23/c1-25(2)18-49(48(63)65-24-28-10-15-30(16-11-28)67-46-42(61)40(59)37(56)32(21-51)69-46,72-47-43(62)44(38(57)33(22-52)70-47)71-34(53)17-12-26-6-4-3-5-7-26)19-35(54)64-23-27-8-13-29(14-9-27)66-45-41(60)39(58)36(55)31(20-50)68-45/h3-17,25,31-33,36-47,50-52,55-62H,18-24H2,1-2H3/b17-12+/t31-,32-,33-,36-,37-,38-,39+,40+,41-,42-,43-,44+,45-,46-,47+,49-/m1/s1. The highest BCUT2D eigenvalue weighted by Crippen LogP contribution is 2.35. The Kier molecular flexibility index (Phi) is 20.0. The summed E-state index contributed by atoms with van der Waals surface area (Å²) in [7, 11) is 0. The van der Waals surface area contributed by atoms with Gasteiger partial charge in [0.1, 0.15) is 91.9 Å². The van der Waals surface area contributed by atoms with Crippen LogP contribution >= 0.6 is 0 Å². The van der Waals surface area contributed by atoms with Crippen molar-refractivity contribution in [3.63, 3.8) is 0 Å². The number of aliphatic hydroxyl groups is 11. The lowest BCUT2D eigenvalue weighted by Crippen LogP contribution is -2.63. The van der Waals surface area contributed by atoms with Gasteiger partial charge in [-0.1, -0.05) is 68.4 Å². The van der Waals surface area contributed by atoms with Crippen LogP contribution in [0.2, 0.25) is 0 Å². The number of hydrogen-bond donors (Lipinski definition) is 11. The number of benzene rings is 3. The average Bonchev–Trinajstić information content (AvgIpc) is 3.37. The first-order chi connectivity index (χ1) is 34.4. The lowest BCUT2D eigenvalue weighted by molar-refractivity contribution is -0.327. The number of hydrogen-bond acceptors (Lipinski definition) is 23. The maximum absolute atomic E-state index is 14.5. The number of carbonyl (C=O) groups is 3. The summed E-state index contributed by atoms with van der Waals surface area (Å²) < 4.78 is 50.9. The topological polar surface area (TPSA) is 357 Å². The van der Waals surface area contributed by atoms with Crippen molar-refractivity contribution in [2.75, 3.05) is 19.8 Å². The maximum atomic E-state index is 14.5. The van der Waals surface area contributed by atoms with E-state index in [4.69, 9.17) is 42.6 Å². The summed E-state index contributed by atoms with van der Waals surface area (Å²) >= 11 is 0. The Morgan fingerprint density at radius 1 is 0.583 bits per heavy atom. The minimum absolute atomic E-state index is 0.112. The Morgan fingerprint density at radius 2 is 1.06 bits per heavy atom. The molecule has 396 valence electrons. The van der Waals surface area contributed by atoms with Crippen molar-refractivity contribution in [1.29, 1.82) is 0 Å². The minimum atomic E-state index is -2.34. The lowest BCUT2D eigenvalue weighted by atomic mass is 9.88. The van der Waals surface area contributed by atoms with Crippen LogP contribution in [0.5, 0.6) is 11.5 Å². The van der Waals surface area contributed by atoms with Crippen LogP contribution in [0.1, 0.15) is 43.4 Å². The fraction of sp³-hybridized carbons (Fsp3) is 0.531. The summed E-state index contributed by atoms with van der Waals surface area (Å²) in [6.45, 7) is 0.363. The number of esters is 3. The molecule has 0 radical (unpaired) electrons. The van der Waals surface area contributed by atoms with Gasteiger partial charge in [0.05, 0.1) is 26.2 Å². The van der Waals surface area contributed by atoms with Gasteiger partial charge in [-0.3, -0.25) is 4.79 Å². The van der Waals surface area contributed by atoms with Crippen LogP contribution in [-0.4, -0.2) is 192 Å². The highest BCUT2D eigenvalue weighted by Gasteiger charge is 2.54. The molecule has 3 saturated heterocycles. The van der Waals surface area contributed by atoms with Gasteiger partial charge in [-0.2, -0.15) is 0 Å². The van der Waals surface area contributed by atoms with Gasteiger partial charge in [0.25, 0.3) is 0 Å². The molecular weight excluding hydrogens is 957 g/mol. The van der Waals surface area contributed by atoms with Gasteiger partial charge in [-0.05, 0) is 59.4 Å². The second kappa shape index (κ2) is 25.7. The van der Waals surface area contributed by atoms with Crippen molar-refractivity contribution in [1.82, 2.24) is 0 Å².